The van der Waals surface area contributed by atoms with Crippen LogP contribution >= 0.6 is 0 Å². The molecule has 1 aliphatic rings. The van der Waals surface area contributed by atoms with Crippen molar-refractivity contribution >= 4 is 11.6 Å². The third kappa shape index (κ3) is 3.32. The number of nitrogens with one attached hydrogen (secondary N) is 1. The number of fused-ring (bicyclic) bond motifs is 1. The van der Waals surface area contributed by atoms with Crippen molar-refractivity contribution in [3.05, 3.63) is 69.8 Å². The van der Waals surface area contributed by atoms with E-state index in [2.05, 4.69) is 15.0 Å². The number of nitrogens with two attached hydrogens (primary N) is 1. The highest BCUT2D eigenvalue weighted by atomic mass is 16.1. The Bertz CT molecular complexity index is 986. The molecule has 0 radical (unpaired) electrons. The van der Waals surface area contributed by atoms with Crippen molar-refractivity contribution in [1.29, 1.82) is 0 Å². The third-order valence-electron chi connectivity index (χ3n) is 4.46. The maximum atomic E-state index is 12.1. The zero-order valence-electron chi connectivity index (χ0n) is 13.7. The third-order valence-corrected chi connectivity index (χ3v) is 4.46. The molecule has 0 aliphatic heterocycles. The second kappa shape index (κ2) is 6.18. The molecular weight excluding hydrogens is 318 g/mol. The molecule has 1 aliphatic carbocycles. The van der Waals surface area contributed by atoms with Crippen molar-refractivity contribution in [2.75, 3.05) is 0 Å². The largest absolute Gasteiger partial charge is 0.366 e. The predicted octanol–water partition coefficient (Wildman–Crippen LogP) is 1.29. The predicted molar refractivity (Wildman–Crippen MR) is 93.0 cm³/mol. The fourth-order valence-corrected chi connectivity index (χ4v) is 3.08. The first-order valence-electron chi connectivity index (χ1n) is 8.29. The molecule has 1 saturated carbocycles. The van der Waals surface area contributed by atoms with Crippen LogP contribution < -0.4 is 11.3 Å². The standard InChI is InChI=1S/C18H19N5O2/c19-18(25)13-3-1-2-12(8-13)10-22(15-4-5-15)11-14-9-17(24)23-16(21-14)6-7-20-23/h1-3,6-9,15,20H,4-5,10-11H2,(H2,19,25). The number of aromatic amines is 1. The van der Waals surface area contributed by atoms with E-state index in [4.69, 9.17) is 5.73 Å². The van der Waals surface area contributed by atoms with Gasteiger partial charge in [-0.25, -0.2) is 9.50 Å². The Kier molecular flexibility index (Phi) is 3.85. The number of hydrogen-bond acceptors (Lipinski definition) is 4. The van der Waals surface area contributed by atoms with Gasteiger partial charge in [-0.05, 0) is 30.5 Å². The summed E-state index contributed by atoms with van der Waals surface area (Å²) in [5, 5.41) is 2.84. The molecular formula is C18H19N5O2. The molecule has 0 unspecified atom stereocenters. The molecule has 25 heavy (non-hydrogen) atoms. The van der Waals surface area contributed by atoms with Gasteiger partial charge in [-0.3, -0.25) is 19.6 Å². The summed E-state index contributed by atoms with van der Waals surface area (Å²) in [6, 6.07) is 11.2. The van der Waals surface area contributed by atoms with Crippen molar-refractivity contribution in [3.63, 3.8) is 0 Å². The van der Waals surface area contributed by atoms with Crippen LogP contribution in [0.3, 0.4) is 0 Å². The second-order valence-electron chi connectivity index (χ2n) is 6.44. The van der Waals surface area contributed by atoms with Crippen molar-refractivity contribution in [2.24, 2.45) is 5.73 Å². The number of nitrogens with zero attached hydrogens (tertiary/aromatic N) is 3. The van der Waals surface area contributed by atoms with Gasteiger partial charge in [-0.15, -0.1) is 0 Å². The molecule has 2 aromatic heterocycles. The number of aromatic nitrogens is 3. The smallest absolute Gasteiger partial charge is 0.272 e. The molecule has 0 bridgehead atoms. The lowest BCUT2D eigenvalue weighted by molar-refractivity contribution is 0.1000. The fraction of sp³-hybridized carbons (Fsp3) is 0.278. The van der Waals surface area contributed by atoms with Crippen molar-refractivity contribution in [2.45, 2.75) is 32.0 Å². The lowest BCUT2D eigenvalue weighted by Gasteiger charge is -2.22. The van der Waals surface area contributed by atoms with Gasteiger partial charge in [0.1, 0.15) is 0 Å². The van der Waals surface area contributed by atoms with Crippen molar-refractivity contribution < 1.29 is 4.79 Å². The Morgan fingerprint density at radius 3 is 2.88 bits per heavy atom. The SMILES string of the molecule is NC(=O)c1cccc(CN(Cc2cc(=O)n3[nH]ccc3n2)C2CC2)c1. The van der Waals surface area contributed by atoms with Crippen molar-refractivity contribution in [3.8, 4) is 0 Å². The van der Waals surface area contributed by atoms with Gasteiger partial charge in [-0.2, -0.15) is 0 Å². The summed E-state index contributed by atoms with van der Waals surface area (Å²) in [5.74, 6) is -0.424. The lowest BCUT2D eigenvalue weighted by atomic mass is 10.1. The number of rotatable bonds is 6. The fourth-order valence-electron chi connectivity index (χ4n) is 3.08. The number of H-pyrrole nitrogens is 1. The number of carbonyl (C=O) groups is 1. The van der Waals surface area contributed by atoms with E-state index < -0.39 is 5.91 Å². The van der Waals surface area contributed by atoms with E-state index in [1.165, 1.54) is 4.52 Å². The van der Waals surface area contributed by atoms with Gasteiger partial charge in [0.2, 0.25) is 5.91 Å². The van der Waals surface area contributed by atoms with Gasteiger partial charge in [0.15, 0.2) is 5.65 Å². The number of carbonyl (C=O) groups excluding carboxylic acids is 1. The summed E-state index contributed by atoms with van der Waals surface area (Å²) in [6.07, 6.45) is 3.98. The summed E-state index contributed by atoms with van der Waals surface area (Å²) in [4.78, 5) is 30.3. The minimum Gasteiger partial charge on any atom is -0.366 e. The van der Waals surface area contributed by atoms with Crippen LogP contribution in [0.5, 0.6) is 0 Å². The van der Waals surface area contributed by atoms with Crippen LogP contribution in [0.25, 0.3) is 5.65 Å². The average molecular weight is 337 g/mol. The molecule has 3 N–H and O–H groups in total. The van der Waals surface area contributed by atoms with E-state index in [9.17, 15) is 9.59 Å². The Hall–Kier alpha value is -2.93. The van der Waals surface area contributed by atoms with Crippen LogP contribution in [0.15, 0.2) is 47.4 Å². The highest BCUT2D eigenvalue weighted by molar-refractivity contribution is 5.92. The molecule has 1 aromatic carbocycles. The molecule has 1 amide bonds. The highest BCUT2D eigenvalue weighted by Gasteiger charge is 2.29. The minimum atomic E-state index is -0.424. The summed E-state index contributed by atoms with van der Waals surface area (Å²) >= 11 is 0. The Balaban J connectivity index is 1.58. The van der Waals surface area contributed by atoms with Crippen LogP contribution in [-0.4, -0.2) is 31.4 Å². The Labute approximate surface area is 144 Å². The zero-order valence-corrected chi connectivity index (χ0v) is 13.7. The summed E-state index contributed by atoms with van der Waals surface area (Å²) in [5.41, 5.74) is 8.17. The van der Waals surface area contributed by atoms with E-state index in [0.717, 1.165) is 24.1 Å². The van der Waals surface area contributed by atoms with Crippen LogP contribution in [0.2, 0.25) is 0 Å². The van der Waals surface area contributed by atoms with Crippen LogP contribution in [0, 0.1) is 0 Å². The monoisotopic (exact) mass is 337 g/mol. The molecule has 4 rings (SSSR count). The van der Waals surface area contributed by atoms with Crippen LogP contribution in [-0.2, 0) is 13.1 Å². The van der Waals surface area contributed by atoms with E-state index >= 15 is 0 Å². The van der Waals surface area contributed by atoms with Crippen molar-refractivity contribution in [1.82, 2.24) is 19.5 Å². The van der Waals surface area contributed by atoms with Crippen LogP contribution in [0.4, 0.5) is 0 Å². The molecule has 2 heterocycles. The second-order valence-corrected chi connectivity index (χ2v) is 6.44. The van der Waals surface area contributed by atoms with E-state index in [1.54, 1.807) is 24.4 Å². The zero-order chi connectivity index (χ0) is 17.4. The van der Waals surface area contributed by atoms with Gasteiger partial charge in [0, 0.05) is 43.0 Å². The maximum absolute atomic E-state index is 12.1. The summed E-state index contributed by atoms with van der Waals surface area (Å²) < 4.78 is 1.42. The number of primary amides is 1. The first-order chi connectivity index (χ1) is 12.1. The van der Waals surface area contributed by atoms with E-state index in [0.29, 0.717) is 30.3 Å². The summed E-state index contributed by atoms with van der Waals surface area (Å²) in [6.45, 7) is 1.29. The number of hydrogen-bond donors (Lipinski definition) is 2. The lowest BCUT2D eigenvalue weighted by Crippen LogP contribution is -2.27. The molecule has 128 valence electrons. The molecule has 1 fully saturated rings. The molecule has 0 spiro atoms. The molecule has 0 atom stereocenters. The van der Waals surface area contributed by atoms with Gasteiger partial charge in [0.25, 0.3) is 5.56 Å². The first-order valence-corrected chi connectivity index (χ1v) is 8.29. The molecule has 7 nitrogen and oxygen atoms in total. The summed E-state index contributed by atoms with van der Waals surface area (Å²) in [7, 11) is 0. The Morgan fingerprint density at radius 1 is 1.28 bits per heavy atom. The quantitative estimate of drug-likeness (QED) is 0.708. The molecule has 0 saturated heterocycles. The topological polar surface area (TPSA) is 96.5 Å². The van der Waals surface area contributed by atoms with E-state index in [1.807, 2.05) is 18.2 Å². The van der Waals surface area contributed by atoms with Gasteiger partial charge in [-0.1, -0.05) is 12.1 Å². The first kappa shape index (κ1) is 15.6. The molecule has 7 heteroatoms. The van der Waals surface area contributed by atoms with Gasteiger partial charge < -0.3 is 5.73 Å². The Morgan fingerprint density at radius 2 is 2.12 bits per heavy atom. The number of amides is 1. The average Bonchev–Trinajstić information content (AvgIpc) is 3.32. The minimum absolute atomic E-state index is 0.114. The van der Waals surface area contributed by atoms with Gasteiger partial charge >= 0.3 is 0 Å². The van der Waals surface area contributed by atoms with E-state index in [-0.39, 0.29) is 5.56 Å². The number of benzene rings is 1. The van der Waals surface area contributed by atoms with Crippen LogP contribution in [0.1, 0.15) is 34.5 Å². The maximum Gasteiger partial charge on any atom is 0.272 e. The highest BCUT2D eigenvalue weighted by Crippen LogP contribution is 2.29. The normalized spacial score (nSPS) is 14.3. The van der Waals surface area contributed by atoms with Gasteiger partial charge in [0.05, 0.1) is 5.69 Å². The molecule has 3 aromatic rings.